The maximum absolute atomic E-state index is 14.2. The van der Waals surface area contributed by atoms with Crippen LogP contribution in [0.2, 0.25) is 0 Å². The third-order valence-corrected chi connectivity index (χ3v) is 11.4. The van der Waals surface area contributed by atoms with Crippen LogP contribution in [0.5, 0.6) is 5.75 Å². The molecule has 3 aliphatic rings. The number of hydrogen-bond acceptors (Lipinski definition) is 7. The topological polar surface area (TPSA) is 111 Å². The van der Waals surface area contributed by atoms with Gasteiger partial charge in [0.25, 0.3) is 0 Å². The third kappa shape index (κ3) is 7.21. The maximum atomic E-state index is 14.2. The monoisotopic (exact) mass is 700 g/mol. The van der Waals surface area contributed by atoms with Crippen LogP contribution < -0.4 is 0 Å². The molecule has 8 nitrogen and oxygen atoms in total. The van der Waals surface area contributed by atoms with E-state index >= 15 is 0 Å². The minimum Gasteiger partial charge on any atom is -0.507 e. The Kier molecular flexibility index (Phi) is 11.0. The molecular formula is C44H48N2O6. The summed E-state index contributed by atoms with van der Waals surface area (Å²) < 4.78 is 5.60. The van der Waals surface area contributed by atoms with Gasteiger partial charge in [0.1, 0.15) is 5.75 Å². The Bertz CT molecular complexity index is 1950. The highest BCUT2D eigenvalue weighted by atomic mass is 16.5. The first kappa shape index (κ1) is 35.8. The van der Waals surface area contributed by atoms with Crippen LogP contribution in [0.1, 0.15) is 48.8 Å². The summed E-state index contributed by atoms with van der Waals surface area (Å²) in [6.07, 6.45) is 3.77. The van der Waals surface area contributed by atoms with Crippen molar-refractivity contribution in [3.8, 4) is 5.75 Å². The van der Waals surface area contributed by atoms with Crippen LogP contribution in [-0.2, 0) is 20.9 Å². The number of benzene rings is 4. The zero-order chi connectivity index (χ0) is 36.2. The summed E-state index contributed by atoms with van der Waals surface area (Å²) in [6, 6.07) is 31.5. The molecule has 2 heterocycles. The van der Waals surface area contributed by atoms with Crippen LogP contribution in [0, 0.1) is 17.8 Å². The Morgan fingerprint density at radius 1 is 0.885 bits per heavy atom. The number of likely N-dealkylation sites (tertiary alicyclic amines) is 2. The molecule has 1 aliphatic carbocycles. The number of piperidine rings is 1. The van der Waals surface area contributed by atoms with Crippen molar-refractivity contribution in [1.82, 2.24) is 9.80 Å². The summed E-state index contributed by atoms with van der Waals surface area (Å²) in [7, 11) is 1.59. The van der Waals surface area contributed by atoms with Crippen molar-refractivity contribution in [2.24, 2.45) is 17.8 Å². The third-order valence-electron chi connectivity index (χ3n) is 11.4. The number of nitrogens with zero attached hydrogens (tertiary/aromatic N) is 2. The molecular weight excluding hydrogens is 652 g/mol. The Morgan fingerprint density at radius 2 is 1.56 bits per heavy atom. The predicted molar refractivity (Wildman–Crippen MR) is 203 cm³/mol. The van der Waals surface area contributed by atoms with Crippen LogP contribution in [0.4, 0.5) is 0 Å². The minimum atomic E-state index is -0.954. The van der Waals surface area contributed by atoms with E-state index in [1.165, 1.54) is 10.5 Å². The van der Waals surface area contributed by atoms with Gasteiger partial charge in [0.15, 0.2) is 0 Å². The highest BCUT2D eigenvalue weighted by Gasteiger charge is 2.56. The molecule has 0 unspecified atom stereocenters. The molecule has 4 atom stereocenters. The van der Waals surface area contributed by atoms with E-state index in [0.29, 0.717) is 37.7 Å². The fourth-order valence-corrected chi connectivity index (χ4v) is 8.85. The van der Waals surface area contributed by atoms with Crippen molar-refractivity contribution in [2.75, 3.05) is 33.4 Å². The van der Waals surface area contributed by atoms with Gasteiger partial charge in [0.05, 0.1) is 31.2 Å². The highest BCUT2D eigenvalue weighted by molar-refractivity contribution is 6.06. The molecule has 2 saturated heterocycles. The van der Waals surface area contributed by atoms with E-state index in [9.17, 15) is 24.9 Å². The molecule has 270 valence electrons. The van der Waals surface area contributed by atoms with E-state index in [4.69, 9.17) is 4.74 Å². The lowest BCUT2D eigenvalue weighted by atomic mass is 9.68. The van der Waals surface area contributed by atoms with E-state index in [1.807, 2.05) is 78.9 Å². The summed E-state index contributed by atoms with van der Waals surface area (Å²) in [6.45, 7) is 2.30. The molecule has 4 aromatic carbocycles. The van der Waals surface area contributed by atoms with Gasteiger partial charge in [-0.3, -0.25) is 19.4 Å². The minimum absolute atomic E-state index is 0.160. The Labute approximate surface area is 305 Å². The van der Waals surface area contributed by atoms with Crippen molar-refractivity contribution in [3.05, 3.63) is 125 Å². The number of hydrogen-bond donors (Lipinski definition) is 3. The second-order valence-electron chi connectivity index (χ2n) is 14.5. The Hall–Kier alpha value is -4.60. The summed E-state index contributed by atoms with van der Waals surface area (Å²) in [5, 5.41) is 35.1. The number of amides is 2. The van der Waals surface area contributed by atoms with E-state index in [2.05, 4.69) is 23.1 Å². The number of carbonyl (C=O) groups excluding carboxylic acids is 2. The highest BCUT2D eigenvalue weighted by Crippen LogP contribution is 2.47. The number of aliphatic hydroxyl groups excluding tert-OH is 2. The number of carbonyl (C=O) groups is 2. The van der Waals surface area contributed by atoms with Gasteiger partial charge in [-0.2, -0.15) is 0 Å². The second-order valence-corrected chi connectivity index (χ2v) is 14.5. The van der Waals surface area contributed by atoms with Crippen LogP contribution in [-0.4, -0.2) is 82.5 Å². The quantitative estimate of drug-likeness (QED) is 0.0886. The van der Waals surface area contributed by atoms with Crippen LogP contribution in [0.3, 0.4) is 0 Å². The van der Waals surface area contributed by atoms with Crippen molar-refractivity contribution in [2.45, 2.75) is 50.8 Å². The first-order chi connectivity index (χ1) is 25.4. The number of rotatable bonds is 12. The number of imide groups is 1. The SMILES string of the molecule is COCC1=C([C@H](O)CC/C(=C/c2ccc(O)c3ccccc23)c2ccccc2)[C@H](CO)[C@@H]2C(=O)N(C3CCN(Cc4ccccc4)CC3)C(=O)[C@@H]2C1. The standard InChI is InChI=1S/C44H48N2O6/c1-52-28-33-25-37-42(44(51)46(43(37)50)34-20-22-45(23-21-34)26-29-10-4-2-5-11-29)38(27-47)41(33)40(49)19-16-31(30-12-6-3-7-13-30)24-32-17-18-39(48)36-15-9-8-14-35(32)36/h2-15,17-18,24,34,37-38,40,42,47-49H,16,19-23,25-28H2,1H3/b31-24-/t37-,38+,40-,42-/m1/s1. The number of phenolic OH excluding ortho intramolecular Hbond substituents is 1. The summed E-state index contributed by atoms with van der Waals surface area (Å²) in [4.78, 5) is 32.1. The molecule has 8 heteroatoms. The average Bonchev–Trinajstić information content (AvgIpc) is 3.43. The first-order valence-electron chi connectivity index (χ1n) is 18.5. The van der Waals surface area contributed by atoms with Crippen molar-refractivity contribution >= 4 is 34.2 Å². The molecule has 52 heavy (non-hydrogen) atoms. The number of methoxy groups -OCH3 is 1. The molecule has 7 rings (SSSR count). The zero-order valence-corrected chi connectivity index (χ0v) is 29.7. The van der Waals surface area contributed by atoms with Crippen LogP contribution >= 0.6 is 0 Å². The van der Waals surface area contributed by atoms with Gasteiger partial charge in [0, 0.05) is 44.1 Å². The van der Waals surface area contributed by atoms with E-state index in [1.54, 1.807) is 13.2 Å². The number of ether oxygens (including phenoxy) is 1. The number of aliphatic hydroxyl groups is 2. The molecule has 0 spiro atoms. The van der Waals surface area contributed by atoms with Gasteiger partial charge >= 0.3 is 0 Å². The van der Waals surface area contributed by atoms with E-state index in [0.717, 1.165) is 52.7 Å². The molecule has 0 saturated carbocycles. The zero-order valence-electron chi connectivity index (χ0n) is 29.7. The largest absolute Gasteiger partial charge is 0.507 e. The molecule has 2 fully saturated rings. The molecule has 3 N–H and O–H groups in total. The number of aromatic hydroxyl groups is 1. The van der Waals surface area contributed by atoms with Gasteiger partial charge in [-0.1, -0.05) is 97.1 Å². The second kappa shape index (κ2) is 16.0. The average molecular weight is 701 g/mol. The lowest BCUT2D eigenvalue weighted by Gasteiger charge is -2.37. The van der Waals surface area contributed by atoms with Crippen LogP contribution in [0.15, 0.2) is 108 Å². The lowest BCUT2D eigenvalue weighted by molar-refractivity contribution is -0.144. The lowest BCUT2D eigenvalue weighted by Crippen LogP contribution is -2.47. The normalized spacial score (nSPS) is 22.3. The fourth-order valence-electron chi connectivity index (χ4n) is 8.85. The van der Waals surface area contributed by atoms with Gasteiger partial charge in [-0.05, 0) is 77.0 Å². The molecule has 0 bridgehead atoms. The molecule has 4 aromatic rings. The molecule has 2 amide bonds. The molecule has 2 aliphatic heterocycles. The molecule has 0 aromatic heterocycles. The van der Waals surface area contributed by atoms with Crippen molar-refractivity contribution < 1.29 is 29.6 Å². The smallest absolute Gasteiger partial charge is 0.234 e. The van der Waals surface area contributed by atoms with Crippen molar-refractivity contribution in [3.63, 3.8) is 0 Å². The number of phenols is 1. The fraction of sp³-hybridized carbons (Fsp3) is 0.364. The maximum Gasteiger partial charge on any atom is 0.234 e. The summed E-state index contributed by atoms with van der Waals surface area (Å²) in [5.41, 5.74) is 5.66. The van der Waals surface area contributed by atoms with E-state index < -0.39 is 23.9 Å². The van der Waals surface area contributed by atoms with E-state index in [-0.39, 0.29) is 36.8 Å². The Morgan fingerprint density at radius 3 is 2.25 bits per heavy atom. The summed E-state index contributed by atoms with van der Waals surface area (Å²) in [5.74, 6) is -2.12. The molecule has 0 radical (unpaired) electrons. The van der Waals surface area contributed by atoms with Gasteiger partial charge in [-0.25, -0.2) is 0 Å². The predicted octanol–water partition coefficient (Wildman–Crippen LogP) is 6.45. The summed E-state index contributed by atoms with van der Waals surface area (Å²) >= 11 is 0. The number of allylic oxidation sites excluding steroid dienone is 1. The van der Waals surface area contributed by atoms with Crippen LogP contribution in [0.25, 0.3) is 22.4 Å². The van der Waals surface area contributed by atoms with Crippen molar-refractivity contribution in [1.29, 1.82) is 0 Å². The van der Waals surface area contributed by atoms with Gasteiger partial charge < -0.3 is 20.1 Å². The van der Waals surface area contributed by atoms with Gasteiger partial charge in [-0.15, -0.1) is 0 Å². The first-order valence-corrected chi connectivity index (χ1v) is 18.5. The number of fused-ring (bicyclic) bond motifs is 2. The van der Waals surface area contributed by atoms with Gasteiger partial charge in [0.2, 0.25) is 11.8 Å². The Balaban J connectivity index is 1.11.